The van der Waals surface area contributed by atoms with Gasteiger partial charge in [0.15, 0.2) is 0 Å². The molecule has 0 aliphatic heterocycles. The van der Waals surface area contributed by atoms with Crippen LogP contribution in [0.2, 0.25) is 0 Å². The molecule has 18 heavy (non-hydrogen) atoms. The molecule has 1 fully saturated rings. The van der Waals surface area contributed by atoms with Gasteiger partial charge in [0.1, 0.15) is 5.82 Å². The third kappa shape index (κ3) is 2.27. The summed E-state index contributed by atoms with van der Waals surface area (Å²) in [5.74, 6) is 1.78. The maximum absolute atomic E-state index is 8.98. The number of aliphatic hydroxyl groups is 1. The number of fused-ring (bicyclic) bond motifs is 1. The number of nitrogens with one attached hydrogen (secondary N) is 1. The Morgan fingerprint density at radius 1 is 1.22 bits per heavy atom. The van der Waals surface area contributed by atoms with Gasteiger partial charge in [-0.05, 0) is 37.0 Å². The van der Waals surface area contributed by atoms with Crippen molar-refractivity contribution >= 4 is 11.0 Å². The van der Waals surface area contributed by atoms with Crippen molar-refractivity contribution in [3.05, 3.63) is 29.6 Å². The lowest BCUT2D eigenvalue weighted by Crippen LogP contribution is -2.05. The first-order valence-corrected chi connectivity index (χ1v) is 6.96. The third-order valence-electron chi connectivity index (χ3n) is 3.96. The fourth-order valence-electron chi connectivity index (χ4n) is 2.93. The second-order valence-corrected chi connectivity index (χ2v) is 5.28. The average molecular weight is 244 g/mol. The molecule has 0 radical (unpaired) electrons. The molecule has 0 bridgehead atoms. The highest BCUT2D eigenvalue weighted by atomic mass is 16.2. The zero-order valence-corrected chi connectivity index (χ0v) is 10.7. The summed E-state index contributed by atoms with van der Waals surface area (Å²) in [6.45, 7) is 0.203. The minimum Gasteiger partial charge on any atom is -0.396 e. The van der Waals surface area contributed by atoms with Crippen molar-refractivity contribution < 1.29 is 5.11 Å². The highest BCUT2D eigenvalue weighted by Crippen LogP contribution is 2.32. The minimum absolute atomic E-state index is 0.203. The van der Waals surface area contributed by atoms with Gasteiger partial charge in [0, 0.05) is 12.5 Å². The molecule has 1 aliphatic rings. The van der Waals surface area contributed by atoms with Gasteiger partial charge in [-0.3, -0.25) is 0 Å². The number of hydrogen-bond donors (Lipinski definition) is 2. The lowest BCUT2D eigenvalue weighted by molar-refractivity contribution is 0.299. The van der Waals surface area contributed by atoms with Gasteiger partial charge in [-0.15, -0.1) is 0 Å². The van der Waals surface area contributed by atoms with Gasteiger partial charge in [-0.1, -0.05) is 25.3 Å². The minimum atomic E-state index is 0.203. The predicted molar refractivity (Wildman–Crippen MR) is 72.7 cm³/mol. The lowest BCUT2D eigenvalue weighted by Gasteiger charge is -2.18. The Labute approximate surface area is 107 Å². The number of imidazole rings is 1. The molecule has 2 aromatic rings. The van der Waals surface area contributed by atoms with Crippen LogP contribution in [-0.4, -0.2) is 21.7 Å². The van der Waals surface area contributed by atoms with Crippen LogP contribution in [0, 0.1) is 0 Å². The smallest absolute Gasteiger partial charge is 0.110 e. The van der Waals surface area contributed by atoms with Gasteiger partial charge < -0.3 is 10.1 Å². The van der Waals surface area contributed by atoms with E-state index in [0.29, 0.717) is 12.3 Å². The Bertz CT molecular complexity index is 526. The molecule has 1 heterocycles. The molecule has 2 N–H and O–H groups in total. The van der Waals surface area contributed by atoms with E-state index in [2.05, 4.69) is 23.2 Å². The Hall–Kier alpha value is -1.35. The predicted octanol–water partition coefficient (Wildman–Crippen LogP) is 3.15. The summed E-state index contributed by atoms with van der Waals surface area (Å²) in [6.07, 6.45) is 7.28. The summed E-state index contributed by atoms with van der Waals surface area (Å²) in [6, 6.07) is 6.23. The number of aromatic nitrogens is 2. The summed E-state index contributed by atoms with van der Waals surface area (Å²) in [7, 11) is 0. The van der Waals surface area contributed by atoms with Crippen LogP contribution in [-0.2, 0) is 6.42 Å². The van der Waals surface area contributed by atoms with Crippen LogP contribution in [0.5, 0.6) is 0 Å². The summed E-state index contributed by atoms with van der Waals surface area (Å²) >= 11 is 0. The van der Waals surface area contributed by atoms with E-state index < -0.39 is 0 Å². The zero-order chi connectivity index (χ0) is 12.4. The monoisotopic (exact) mass is 244 g/mol. The Kier molecular flexibility index (Phi) is 3.33. The third-order valence-corrected chi connectivity index (χ3v) is 3.96. The summed E-state index contributed by atoms with van der Waals surface area (Å²) in [4.78, 5) is 8.19. The average Bonchev–Trinajstić information content (AvgIpc) is 2.83. The van der Waals surface area contributed by atoms with Crippen LogP contribution in [0.4, 0.5) is 0 Å². The van der Waals surface area contributed by atoms with Crippen molar-refractivity contribution in [2.75, 3.05) is 6.61 Å². The Balaban J connectivity index is 1.89. The van der Waals surface area contributed by atoms with E-state index in [0.717, 1.165) is 16.9 Å². The molecule has 0 atom stereocenters. The van der Waals surface area contributed by atoms with Crippen LogP contribution in [0.25, 0.3) is 11.0 Å². The molecule has 96 valence electrons. The largest absolute Gasteiger partial charge is 0.396 e. The lowest BCUT2D eigenvalue weighted by atomic mass is 9.89. The van der Waals surface area contributed by atoms with Gasteiger partial charge in [0.2, 0.25) is 0 Å². The van der Waals surface area contributed by atoms with Crippen LogP contribution >= 0.6 is 0 Å². The second-order valence-electron chi connectivity index (χ2n) is 5.28. The highest BCUT2D eigenvalue weighted by Gasteiger charge is 2.18. The molecule has 1 aromatic heterocycles. The SMILES string of the molecule is OCCc1ccc2nc(C3CCCCC3)[nH]c2c1. The summed E-state index contributed by atoms with van der Waals surface area (Å²) in [5, 5.41) is 8.98. The molecule has 0 amide bonds. The molecule has 3 nitrogen and oxygen atoms in total. The van der Waals surface area contributed by atoms with Crippen molar-refractivity contribution in [1.82, 2.24) is 9.97 Å². The van der Waals surface area contributed by atoms with E-state index in [9.17, 15) is 0 Å². The van der Waals surface area contributed by atoms with Gasteiger partial charge in [0.05, 0.1) is 11.0 Å². The standard InChI is InChI=1S/C15H20N2O/c18-9-8-11-6-7-13-14(10-11)17-15(16-13)12-4-2-1-3-5-12/h6-7,10,12,18H,1-5,8-9H2,(H,16,17). The molecule has 0 spiro atoms. The Morgan fingerprint density at radius 3 is 2.83 bits per heavy atom. The fraction of sp³-hybridized carbons (Fsp3) is 0.533. The van der Waals surface area contributed by atoms with Crippen LogP contribution in [0.1, 0.15) is 49.4 Å². The normalized spacial score (nSPS) is 17.4. The summed E-state index contributed by atoms with van der Waals surface area (Å²) < 4.78 is 0. The fourth-order valence-corrected chi connectivity index (χ4v) is 2.93. The first-order valence-electron chi connectivity index (χ1n) is 6.96. The molecule has 0 saturated heterocycles. The molecule has 1 aromatic carbocycles. The van der Waals surface area contributed by atoms with E-state index in [-0.39, 0.29) is 6.61 Å². The van der Waals surface area contributed by atoms with Gasteiger partial charge in [0.25, 0.3) is 0 Å². The van der Waals surface area contributed by atoms with Crippen molar-refractivity contribution in [2.45, 2.75) is 44.4 Å². The molecular weight excluding hydrogens is 224 g/mol. The number of hydrogen-bond acceptors (Lipinski definition) is 2. The first kappa shape index (κ1) is 11.7. The van der Waals surface area contributed by atoms with E-state index in [1.807, 2.05) is 0 Å². The van der Waals surface area contributed by atoms with Gasteiger partial charge in [-0.25, -0.2) is 4.98 Å². The molecule has 1 saturated carbocycles. The van der Waals surface area contributed by atoms with Crippen LogP contribution < -0.4 is 0 Å². The first-order chi connectivity index (χ1) is 8.86. The Morgan fingerprint density at radius 2 is 2.06 bits per heavy atom. The van der Waals surface area contributed by atoms with Crippen molar-refractivity contribution in [3.8, 4) is 0 Å². The number of benzene rings is 1. The molecule has 0 unspecified atom stereocenters. The maximum atomic E-state index is 8.98. The number of aliphatic hydroxyl groups excluding tert-OH is 1. The summed E-state index contributed by atoms with van der Waals surface area (Å²) in [5.41, 5.74) is 3.34. The molecule has 3 heteroatoms. The topological polar surface area (TPSA) is 48.9 Å². The van der Waals surface area contributed by atoms with E-state index in [4.69, 9.17) is 10.1 Å². The quantitative estimate of drug-likeness (QED) is 0.871. The number of aromatic amines is 1. The van der Waals surface area contributed by atoms with E-state index in [1.165, 1.54) is 37.7 Å². The molecule has 1 aliphatic carbocycles. The van der Waals surface area contributed by atoms with Crippen molar-refractivity contribution in [2.24, 2.45) is 0 Å². The van der Waals surface area contributed by atoms with E-state index in [1.54, 1.807) is 0 Å². The number of H-pyrrole nitrogens is 1. The molecule has 3 rings (SSSR count). The van der Waals surface area contributed by atoms with Crippen LogP contribution in [0.3, 0.4) is 0 Å². The van der Waals surface area contributed by atoms with Gasteiger partial charge in [-0.2, -0.15) is 0 Å². The highest BCUT2D eigenvalue weighted by molar-refractivity contribution is 5.76. The second kappa shape index (κ2) is 5.11. The zero-order valence-electron chi connectivity index (χ0n) is 10.7. The van der Waals surface area contributed by atoms with Crippen molar-refractivity contribution in [1.29, 1.82) is 0 Å². The molecular formula is C15H20N2O. The van der Waals surface area contributed by atoms with Crippen molar-refractivity contribution in [3.63, 3.8) is 0 Å². The number of nitrogens with zero attached hydrogens (tertiary/aromatic N) is 1. The number of rotatable bonds is 3. The van der Waals surface area contributed by atoms with Gasteiger partial charge >= 0.3 is 0 Å². The van der Waals surface area contributed by atoms with E-state index >= 15 is 0 Å². The maximum Gasteiger partial charge on any atom is 0.110 e. The van der Waals surface area contributed by atoms with Crippen LogP contribution in [0.15, 0.2) is 18.2 Å².